The molecule has 7 heteroatoms. The summed E-state index contributed by atoms with van der Waals surface area (Å²) in [6.07, 6.45) is 0.685. The predicted octanol–water partition coefficient (Wildman–Crippen LogP) is 2.63. The molecule has 0 aliphatic heterocycles. The van der Waals surface area contributed by atoms with Gasteiger partial charge < -0.3 is 4.74 Å². The Bertz CT molecular complexity index is 556. The van der Waals surface area contributed by atoms with Crippen LogP contribution in [-0.4, -0.2) is 29.8 Å². The number of methoxy groups -OCH3 is 1. The van der Waals surface area contributed by atoms with Gasteiger partial charge in [0.2, 0.25) is 5.13 Å². The maximum Gasteiger partial charge on any atom is 0.257 e. The summed E-state index contributed by atoms with van der Waals surface area (Å²) in [5.41, 5.74) is 0.526. The van der Waals surface area contributed by atoms with Gasteiger partial charge in [0.1, 0.15) is 5.01 Å². The molecule has 1 aromatic heterocycles. The van der Waals surface area contributed by atoms with Gasteiger partial charge in [-0.25, -0.2) is 0 Å². The zero-order valence-electron chi connectivity index (χ0n) is 10.2. The van der Waals surface area contributed by atoms with E-state index >= 15 is 0 Å². The number of anilines is 1. The molecule has 0 saturated heterocycles. The molecule has 1 aromatic carbocycles. The third-order valence-corrected chi connectivity index (χ3v) is 3.46. The second kappa shape index (κ2) is 6.60. The van der Waals surface area contributed by atoms with Crippen LogP contribution in [0.1, 0.15) is 15.4 Å². The maximum absolute atomic E-state index is 11.9. The van der Waals surface area contributed by atoms with Crippen LogP contribution in [0.25, 0.3) is 0 Å². The van der Waals surface area contributed by atoms with Gasteiger partial charge in [0.15, 0.2) is 0 Å². The van der Waals surface area contributed by atoms with Crippen molar-refractivity contribution in [3.63, 3.8) is 0 Å². The second-order valence-electron chi connectivity index (χ2n) is 3.70. The third-order valence-electron chi connectivity index (χ3n) is 2.31. The molecular weight excluding hydrogens is 286 g/mol. The predicted molar refractivity (Wildman–Crippen MR) is 74.9 cm³/mol. The van der Waals surface area contributed by atoms with E-state index in [0.29, 0.717) is 28.7 Å². The van der Waals surface area contributed by atoms with E-state index in [1.807, 2.05) is 0 Å². The van der Waals surface area contributed by atoms with Crippen molar-refractivity contribution >= 4 is 34.0 Å². The van der Waals surface area contributed by atoms with Crippen molar-refractivity contribution in [2.75, 3.05) is 19.0 Å². The molecule has 1 amide bonds. The summed E-state index contributed by atoms with van der Waals surface area (Å²) in [5, 5.41) is 12.5. The number of halogens is 1. The average Bonchev–Trinajstić information content (AvgIpc) is 2.84. The Balaban J connectivity index is 1.98. The van der Waals surface area contributed by atoms with Crippen LogP contribution >= 0.6 is 22.9 Å². The smallest absolute Gasteiger partial charge is 0.257 e. The van der Waals surface area contributed by atoms with Gasteiger partial charge in [0, 0.05) is 24.1 Å². The lowest BCUT2D eigenvalue weighted by atomic mass is 10.2. The van der Waals surface area contributed by atoms with E-state index in [1.54, 1.807) is 31.4 Å². The Hall–Kier alpha value is -1.50. The first-order valence-corrected chi connectivity index (χ1v) is 6.76. The fraction of sp³-hybridized carbons (Fsp3) is 0.250. The van der Waals surface area contributed by atoms with E-state index in [1.165, 1.54) is 11.3 Å². The molecule has 2 rings (SSSR count). The number of hydrogen-bond donors (Lipinski definition) is 1. The van der Waals surface area contributed by atoms with Crippen LogP contribution in [0, 0.1) is 0 Å². The first-order chi connectivity index (χ1) is 9.19. The minimum Gasteiger partial charge on any atom is -0.384 e. The molecule has 0 aliphatic rings. The van der Waals surface area contributed by atoms with Gasteiger partial charge in [-0.15, -0.1) is 10.2 Å². The topological polar surface area (TPSA) is 64.1 Å². The molecule has 100 valence electrons. The third kappa shape index (κ3) is 3.99. The van der Waals surface area contributed by atoms with E-state index in [4.69, 9.17) is 16.3 Å². The Morgan fingerprint density at radius 1 is 1.37 bits per heavy atom. The number of carbonyl (C=O) groups is 1. The molecule has 19 heavy (non-hydrogen) atoms. The quantitative estimate of drug-likeness (QED) is 0.921. The monoisotopic (exact) mass is 297 g/mol. The lowest BCUT2D eigenvalue weighted by Crippen LogP contribution is -2.11. The normalized spacial score (nSPS) is 10.4. The summed E-state index contributed by atoms with van der Waals surface area (Å²) in [4.78, 5) is 11.9. The fourth-order valence-corrected chi connectivity index (χ4v) is 2.21. The molecule has 0 spiro atoms. The summed E-state index contributed by atoms with van der Waals surface area (Å²) in [6.45, 7) is 0.583. The van der Waals surface area contributed by atoms with Crippen molar-refractivity contribution in [2.24, 2.45) is 0 Å². The SMILES string of the molecule is COCCc1nnc(NC(=O)c2ccc(Cl)cc2)s1. The van der Waals surface area contributed by atoms with Gasteiger partial charge in [-0.05, 0) is 24.3 Å². The minimum absolute atomic E-state index is 0.230. The van der Waals surface area contributed by atoms with Gasteiger partial charge in [0.25, 0.3) is 5.91 Å². The van der Waals surface area contributed by atoms with E-state index in [9.17, 15) is 4.79 Å². The lowest BCUT2D eigenvalue weighted by molar-refractivity contribution is 0.102. The van der Waals surface area contributed by atoms with Gasteiger partial charge >= 0.3 is 0 Å². The van der Waals surface area contributed by atoms with Gasteiger partial charge in [0.05, 0.1) is 6.61 Å². The van der Waals surface area contributed by atoms with Crippen molar-refractivity contribution in [1.82, 2.24) is 10.2 Å². The van der Waals surface area contributed by atoms with Crippen molar-refractivity contribution < 1.29 is 9.53 Å². The fourth-order valence-electron chi connectivity index (χ4n) is 1.37. The summed E-state index contributed by atoms with van der Waals surface area (Å²) < 4.78 is 4.96. The first kappa shape index (κ1) is 13.9. The largest absolute Gasteiger partial charge is 0.384 e. The van der Waals surface area contributed by atoms with E-state index in [0.717, 1.165) is 5.01 Å². The molecule has 0 saturated carbocycles. The van der Waals surface area contributed by atoms with Crippen molar-refractivity contribution in [2.45, 2.75) is 6.42 Å². The number of rotatable bonds is 5. The van der Waals surface area contributed by atoms with Crippen molar-refractivity contribution in [3.05, 3.63) is 39.9 Å². The number of aromatic nitrogens is 2. The first-order valence-electron chi connectivity index (χ1n) is 5.57. The minimum atomic E-state index is -0.230. The summed E-state index contributed by atoms with van der Waals surface area (Å²) >= 11 is 7.10. The highest BCUT2D eigenvalue weighted by Crippen LogP contribution is 2.17. The van der Waals surface area contributed by atoms with E-state index in [-0.39, 0.29) is 5.91 Å². The van der Waals surface area contributed by atoms with Gasteiger partial charge in [-0.3, -0.25) is 10.1 Å². The zero-order chi connectivity index (χ0) is 13.7. The van der Waals surface area contributed by atoms with Crippen LogP contribution in [0.15, 0.2) is 24.3 Å². The Morgan fingerprint density at radius 3 is 2.79 bits per heavy atom. The zero-order valence-corrected chi connectivity index (χ0v) is 11.8. The molecule has 2 aromatic rings. The summed E-state index contributed by atoms with van der Waals surface area (Å²) in [7, 11) is 1.63. The molecule has 1 N–H and O–H groups in total. The highest BCUT2D eigenvalue weighted by atomic mass is 35.5. The molecule has 0 aliphatic carbocycles. The molecule has 0 unspecified atom stereocenters. The van der Waals surface area contributed by atoms with Crippen LogP contribution in [-0.2, 0) is 11.2 Å². The van der Waals surface area contributed by atoms with Crippen LogP contribution in [0.5, 0.6) is 0 Å². The Kier molecular flexibility index (Phi) is 4.84. The molecule has 0 fully saturated rings. The van der Waals surface area contributed by atoms with Crippen LogP contribution in [0.3, 0.4) is 0 Å². The van der Waals surface area contributed by atoms with Crippen LogP contribution in [0.2, 0.25) is 5.02 Å². The number of hydrogen-bond acceptors (Lipinski definition) is 5. The van der Waals surface area contributed by atoms with Gasteiger partial charge in [-0.1, -0.05) is 22.9 Å². The summed E-state index contributed by atoms with van der Waals surface area (Å²) in [5.74, 6) is -0.230. The van der Waals surface area contributed by atoms with Crippen molar-refractivity contribution in [1.29, 1.82) is 0 Å². The number of carbonyl (C=O) groups excluding carboxylic acids is 1. The highest BCUT2D eigenvalue weighted by molar-refractivity contribution is 7.15. The molecule has 1 heterocycles. The van der Waals surface area contributed by atoms with Crippen molar-refractivity contribution in [3.8, 4) is 0 Å². The average molecular weight is 298 g/mol. The number of amides is 1. The maximum atomic E-state index is 11.9. The number of benzene rings is 1. The Morgan fingerprint density at radius 2 is 2.11 bits per heavy atom. The molecule has 0 atom stereocenters. The molecule has 0 bridgehead atoms. The standard InChI is InChI=1S/C12H12ClN3O2S/c1-18-7-6-10-15-16-12(19-10)14-11(17)8-2-4-9(13)5-3-8/h2-5H,6-7H2,1H3,(H,14,16,17). The number of nitrogens with zero attached hydrogens (tertiary/aromatic N) is 2. The van der Waals surface area contributed by atoms with E-state index < -0.39 is 0 Å². The number of ether oxygens (including phenoxy) is 1. The Labute approximate surface area is 119 Å². The lowest BCUT2D eigenvalue weighted by Gasteiger charge is -2.00. The van der Waals surface area contributed by atoms with Crippen LogP contribution in [0.4, 0.5) is 5.13 Å². The molecule has 5 nitrogen and oxygen atoms in total. The molecule has 0 radical (unpaired) electrons. The molecular formula is C12H12ClN3O2S. The van der Waals surface area contributed by atoms with Gasteiger partial charge in [-0.2, -0.15) is 0 Å². The summed E-state index contributed by atoms with van der Waals surface area (Å²) in [6, 6.07) is 6.65. The van der Waals surface area contributed by atoms with E-state index in [2.05, 4.69) is 15.5 Å². The second-order valence-corrected chi connectivity index (χ2v) is 5.20. The number of nitrogens with one attached hydrogen (secondary N) is 1. The van der Waals surface area contributed by atoms with Crippen LogP contribution < -0.4 is 5.32 Å². The highest BCUT2D eigenvalue weighted by Gasteiger charge is 2.10.